The first-order valence-electron chi connectivity index (χ1n) is 9.47. The second-order valence-corrected chi connectivity index (χ2v) is 7.64. The number of amides is 1. The predicted octanol–water partition coefficient (Wildman–Crippen LogP) is 4.53. The first-order chi connectivity index (χ1) is 13.5. The molecule has 148 valence electrons. The smallest absolute Gasteiger partial charge is 0.244 e. The van der Waals surface area contributed by atoms with Gasteiger partial charge < -0.3 is 14.8 Å². The Morgan fingerprint density at radius 2 is 1.93 bits per heavy atom. The van der Waals surface area contributed by atoms with Crippen molar-refractivity contribution in [1.29, 1.82) is 0 Å². The third-order valence-corrected chi connectivity index (χ3v) is 5.53. The van der Waals surface area contributed by atoms with Crippen LogP contribution in [0.5, 0.6) is 5.75 Å². The predicted molar refractivity (Wildman–Crippen MR) is 113 cm³/mol. The van der Waals surface area contributed by atoms with Gasteiger partial charge in [-0.3, -0.25) is 4.79 Å². The Balaban J connectivity index is 1.75. The minimum absolute atomic E-state index is 0.118. The van der Waals surface area contributed by atoms with E-state index in [0.29, 0.717) is 24.8 Å². The lowest BCUT2D eigenvalue weighted by Gasteiger charge is -2.38. The highest BCUT2D eigenvalue weighted by atomic mass is 35.5. The minimum atomic E-state index is -0.195. The minimum Gasteiger partial charge on any atom is -0.496 e. The Bertz CT molecular complexity index is 839. The number of methoxy groups -OCH3 is 1. The fourth-order valence-corrected chi connectivity index (χ4v) is 3.73. The van der Waals surface area contributed by atoms with Gasteiger partial charge in [-0.15, -0.1) is 0 Å². The largest absolute Gasteiger partial charge is 0.496 e. The topological polar surface area (TPSA) is 47.6 Å². The Labute approximate surface area is 171 Å². The van der Waals surface area contributed by atoms with E-state index in [-0.39, 0.29) is 11.3 Å². The molecule has 0 unspecified atom stereocenters. The van der Waals surface area contributed by atoms with Gasteiger partial charge in [0.05, 0.1) is 7.11 Å². The first-order valence-corrected chi connectivity index (χ1v) is 9.85. The van der Waals surface area contributed by atoms with Crippen molar-refractivity contribution in [3.05, 3.63) is 70.3 Å². The van der Waals surface area contributed by atoms with Crippen LogP contribution in [0.1, 0.15) is 29.5 Å². The van der Waals surface area contributed by atoms with E-state index in [2.05, 4.69) is 18.3 Å². The summed E-state index contributed by atoms with van der Waals surface area (Å²) in [6, 6.07) is 13.6. The number of hydrogen-bond acceptors (Lipinski definition) is 3. The maximum Gasteiger partial charge on any atom is 0.244 e. The molecule has 5 heteroatoms. The normalized spacial score (nSPS) is 16.1. The van der Waals surface area contributed by atoms with Gasteiger partial charge in [-0.2, -0.15) is 0 Å². The SMILES string of the molecule is COc1ccc(C)cc1C1(CNC(=O)/C=C/c2ccc(Cl)cc2)CCOCC1. The van der Waals surface area contributed by atoms with Crippen molar-refractivity contribution < 1.29 is 14.3 Å². The molecule has 4 nitrogen and oxygen atoms in total. The molecule has 1 aliphatic rings. The Morgan fingerprint density at radius 3 is 2.61 bits per heavy atom. The van der Waals surface area contributed by atoms with Crippen molar-refractivity contribution in [3.63, 3.8) is 0 Å². The molecule has 1 aliphatic heterocycles. The van der Waals surface area contributed by atoms with E-state index >= 15 is 0 Å². The van der Waals surface area contributed by atoms with Crippen molar-refractivity contribution in [2.24, 2.45) is 0 Å². The van der Waals surface area contributed by atoms with Gasteiger partial charge in [0.2, 0.25) is 5.91 Å². The van der Waals surface area contributed by atoms with E-state index in [1.165, 1.54) is 5.56 Å². The van der Waals surface area contributed by atoms with E-state index in [1.54, 1.807) is 31.4 Å². The van der Waals surface area contributed by atoms with E-state index in [4.69, 9.17) is 21.1 Å². The van der Waals surface area contributed by atoms with E-state index in [0.717, 1.165) is 29.7 Å². The van der Waals surface area contributed by atoms with Gasteiger partial charge in [0.1, 0.15) is 5.75 Å². The highest BCUT2D eigenvalue weighted by Crippen LogP contribution is 2.40. The van der Waals surface area contributed by atoms with Crippen LogP contribution >= 0.6 is 11.6 Å². The summed E-state index contributed by atoms with van der Waals surface area (Å²) in [5.41, 5.74) is 3.05. The summed E-state index contributed by atoms with van der Waals surface area (Å²) in [5, 5.41) is 3.76. The van der Waals surface area contributed by atoms with Crippen molar-refractivity contribution in [3.8, 4) is 5.75 Å². The molecule has 1 amide bonds. The average Bonchev–Trinajstić information content (AvgIpc) is 2.72. The van der Waals surface area contributed by atoms with Gasteiger partial charge in [0, 0.05) is 41.8 Å². The van der Waals surface area contributed by atoms with Gasteiger partial charge >= 0.3 is 0 Å². The van der Waals surface area contributed by atoms with Crippen LogP contribution in [-0.4, -0.2) is 32.8 Å². The van der Waals surface area contributed by atoms with Crippen molar-refractivity contribution in [1.82, 2.24) is 5.32 Å². The molecule has 1 saturated heterocycles. The molecular formula is C23H26ClNO3. The molecule has 0 radical (unpaired) electrons. The number of ether oxygens (including phenoxy) is 2. The lowest BCUT2D eigenvalue weighted by Crippen LogP contribution is -2.44. The number of benzene rings is 2. The molecule has 0 bridgehead atoms. The molecule has 0 saturated carbocycles. The van der Waals surface area contributed by atoms with Crippen LogP contribution in [0.3, 0.4) is 0 Å². The number of rotatable bonds is 6. The van der Waals surface area contributed by atoms with E-state index in [9.17, 15) is 4.79 Å². The van der Waals surface area contributed by atoms with Crippen LogP contribution in [0, 0.1) is 6.92 Å². The number of hydrogen-bond donors (Lipinski definition) is 1. The Hall–Kier alpha value is -2.30. The highest BCUT2D eigenvalue weighted by Gasteiger charge is 2.37. The van der Waals surface area contributed by atoms with Crippen LogP contribution in [-0.2, 0) is 14.9 Å². The maximum absolute atomic E-state index is 12.4. The summed E-state index contributed by atoms with van der Waals surface area (Å²) in [7, 11) is 1.69. The van der Waals surface area contributed by atoms with Gasteiger partial charge in [0.15, 0.2) is 0 Å². The van der Waals surface area contributed by atoms with E-state index < -0.39 is 0 Å². The van der Waals surface area contributed by atoms with Crippen LogP contribution in [0.4, 0.5) is 0 Å². The summed E-state index contributed by atoms with van der Waals surface area (Å²) < 4.78 is 11.2. The molecule has 0 spiro atoms. The molecule has 2 aromatic rings. The van der Waals surface area contributed by atoms with Crippen molar-refractivity contribution >= 4 is 23.6 Å². The van der Waals surface area contributed by atoms with Crippen LogP contribution < -0.4 is 10.1 Å². The molecule has 2 aromatic carbocycles. The van der Waals surface area contributed by atoms with Gasteiger partial charge in [-0.1, -0.05) is 41.4 Å². The van der Waals surface area contributed by atoms with Gasteiger partial charge in [0.25, 0.3) is 0 Å². The van der Waals surface area contributed by atoms with Crippen LogP contribution in [0.15, 0.2) is 48.5 Å². The standard InChI is InChI=1S/C23H26ClNO3/c1-17-3-9-21(27-2)20(15-17)23(11-13-28-14-12-23)16-25-22(26)10-6-18-4-7-19(24)8-5-18/h3-10,15H,11-14,16H2,1-2H3,(H,25,26)/b10-6+. The fourth-order valence-electron chi connectivity index (χ4n) is 3.60. The van der Waals surface area contributed by atoms with Crippen LogP contribution in [0.2, 0.25) is 5.02 Å². The number of carbonyl (C=O) groups is 1. The molecule has 1 N–H and O–H groups in total. The monoisotopic (exact) mass is 399 g/mol. The molecule has 0 atom stereocenters. The zero-order valence-corrected chi connectivity index (χ0v) is 17.1. The van der Waals surface area contributed by atoms with Gasteiger partial charge in [-0.25, -0.2) is 0 Å². The summed E-state index contributed by atoms with van der Waals surface area (Å²) in [5.74, 6) is 0.742. The zero-order valence-electron chi connectivity index (χ0n) is 16.3. The van der Waals surface area contributed by atoms with Gasteiger partial charge in [-0.05, 0) is 49.6 Å². The summed E-state index contributed by atoms with van der Waals surface area (Å²) >= 11 is 5.90. The number of aryl methyl sites for hydroxylation is 1. The van der Waals surface area contributed by atoms with Crippen molar-refractivity contribution in [2.75, 3.05) is 26.9 Å². The second kappa shape index (κ2) is 9.26. The number of carbonyl (C=O) groups excluding carboxylic acids is 1. The molecule has 3 rings (SSSR count). The number of halogens is 1. The fraction of sp³-hybridized carbons (Fsp3) is 0.348. The molecule has 1 fully saturated rings. The van der Waals surface area contributed by atoms with E-state index in [1.807, 2.05) is 24.3 Å². The average molecular weight is 400 g/mol. The molecule has 1 heterocycles. The third-order valence-electron chi connectivity index (χ3n) is 5.27. The Kier molecular flexibility index (Phi) is 6.76. The zero-order chi connectivity index (χ0) is 20.0. The third kappa shape index (κ3) is 4.94. The first kappa shape index (κ1) is 20.4. The lowest BCUT2D eigenvalue weighted by molar-refractivity contribution is -0.116. The highest BCUT2D eigenvalue weighted by molar-refractivity contribution is 6.30. The molecule has 28 heavy (non-hydrogen) atoms. The maximum atomic E-state index is 12.4. The summed E-state index contributed by atoms with van der Waals surface area (Å²) in [6.45, 7) is 3.96. The molecular weight excluding hydrogens is 374 g/mol. The summed E-state index contributed by atoms with van der Waals surface area (Å²) in [6.07, 6.45) is 5.03. The molecule has 0 aromatic heterocycles. The van der Waals surface area contributed by atoms with Crippen LogP contribution in [0.25, 0.3) is 6.08 Å². The lowest BCUT2D eigenvalue weighted by atomic mass is 9.73. The number of nitrogens with one attached hydrogen (secondary N) is 1. The van der Waals surface area contributed by atoms with Crippen molar-refractivity contribution in [2.45, 2.75) is 25.2 Å². The Morgan fingerprint density at radius 1 is 1.21 bits per heavy atom. The summed E-state index contributed by atoms with van der Waals surface area (Å²) in [4.78, 5) is 12.4. The quantitative estimate of drug-likeness (QED) is 0.725. The molecule has 0 aliphatic carbocycles. The second-order valence-electron chi connectivity index (χ2n) is 7.20.